The van der Waals surface area contributed by atoms with Gasteiger partial charge in [0.15, 0.2) is 0 Å². The Morgan fingerprint density at radius 3 is 0.992 bits per heavy atom. The zero-order valence-corrected chi connectivity index (χ0v) is 76.6. The van der Waals surface area contributed by atoms with Crippen LogP contribution in [0.2, 0.25) is 0 Å². The first-order chi connectivity index (χ1) is 58.8. The van der Waals surface area contributed by atoms with Gasteiger partial charge in [0.2, 0.25) is 11.8 Å². The van der Waals surface area contributed by atoms with Crippen molar-refractivity contribution in [1.29, 1.82) is 0 Å². The van der Waals surface area contributed by atoms with E-state index in [2.05, 4.69) is 201 Å². The summed E-state index contributed by atoms with van der Waals surface area (Å²) in [6.45, 7) is 8.76. The fourth-order valence-electron chi connectivity index (χ4n) is 14.0. The maximum atomic E-state index is 12.8. The molecule has 612 valence electrons. The van der Waals surface area contributed by atoms with Crippen molar-refractivity contribution in [2.45, 2.75) is 51.4 Å². The summed E-state index contributed by atoms with van der Waals surface area (Å²) in [5.74, 6) is 1.86. The van der Waals surface area contributed by atoms with Crippen molar-refractivity contribution < 1.29 is 103 Å². The molecule has 0 aliphatic heterocycles. The Balaban J connectivity index is 0.000000150. The number of carbonyl (C=O) groups excluding carboxylic acids is 2. The Morgan fingerprint density at radius 1 is 0.274 bits per heavy atom. The molecule has 0 N–H and O–H groups in total. The zero-order chi connectivity index (χ0) is 82.0. The Bertz CT molecular complexity index is 6380. The standard InChI is InChI=1S/C30H18N2O2.C28H26N2.C26H14N2O2.C24H18N2.4Pt/c1-3-13-27-21(7-1)15-17-31-29(27)33-25-11-5-9-23(19-25)24-10-6-12-26(20-24)34-30-28-14-4-2-8-22(28)16-18-32-30;1-27(2,25-15-5-7-17-29-25)23-13-9-11-21(19-23)22-12-10-14-24(20-22)28(3,4)26-16-6-8-18-30-26;29-25(23-5-1-3-13-27-23)19-11-9-17-7-8-18-10-12-20(16-22(18)21(17)15-19)26(30)24-6-2-4-14-28-24;1-3-13-25-23(11-1)17-19-7-5-9-21(15-19)22-10-6-8-20(16-22)18-24-12-2-4-14-26-24;;;;/h1-18H;5-18H,1-4H3;1-14H;1-14H,17-18H2;;;;/q4*-2;4*+2. The van der Waals surface area contributed by atoms with Gasteiger partial charge in [0.1, 0.15) is 11.6 Å². The minimum Gasteiger partial charge on any atom is -0.459 e. The number of pyridine rings is 8. The number of carbonyl (C=O) groups is 2. The quantitative estimate of drug-likeness (QED) is 0.0430. The summed E-state index contributed by atoms with van der Waals surface area (Å²) in [6, 6.07) is 130. The number of ketones is 2. The molecule has 0 saturated heterocycles. The van der Waals surface area contributed by atoms with Crippen molar-refractivity contribution in [3.63, 3.8) is 0 Å². The van der Waals surface area contributed by atoms with Crippen molar-refractivity contribution in [1.82, 2.24) is 39.9 Å². The van der Waals surface area contributed by atoms with Gasteiger partial charge in [-0.1, -0.05) is 112 Å². The summed E-state index contributed by atoms with van der Waals surface area (Å²) in [7, 11) is 0. The third-order valence-corrected chi connectivity index (χ3v) is 20.5. The molecule has 0 aliphatic carbocycles. The first-order valence-electron chi connectivity index (χ1n) is 39.3. The number of rotatable bonds is 19. The molecule has 19 rings (SSSR count). The van der Waals surface area contributed by atoms with Crippen molar-refractivity contribution in [2.24, 2.45) is 0 Å². The van der Waals surface area contributed by atoms with Crippen LogP contribution in [0, 0.1) is 48.5 Å². The molecule has 124 heavy (non-hydrogen) atoms. The summed E-state index contributed by atoms with van der Waals surface area (Å²) in [5.41, 5.74) is 15.6. The minimum atomic E-state index is -0.234. The van der Waals surface area contributed by atoms with Crippen molar-refractivity contribution >= 4 is 54.7 Å². The number of hydrogen-bond donors (Lipinski definition) is 0. The summed E-state index contributed by atoms with van der Waals surface area (Å²) >= 11 is 0. The van der Waals surface area contributed by atoms with Crippen LogP contribution in [0.1, 0.15) is 105 Å². The van der Waals surface area contributed by atoms with E-state index in [1.54, 1.807) is 73.3 Å². The van der Waals surface area contributed by atoms with Crippen LogP contribution in [0.5, 0.6) is 23.3 Å². The molecule has 0 unspecified atom stereocenters. The molecule has 0 atom stereocenters. The minimum absolute atomic E-state index is 0. The fourth-order valence-corrected chi connectivity index (χ4v) is 14.0. The zero-order valence-electron chi connectivity index (χ0n) is 67.5. The van der Waals surface area contributed by atoms with E-state index in [1.807, 2.05) is 207 Å². The van der Waals surface area contributed by atoms with Crippen LogP contribution < -0.4 is 9.47 Å². The molecular weight excluding hydrogens is 2250 g/mol. The van der Waals surface area contributed by atoms with Crippen LogP contribution in [0.4, 0.5) is 0 Å². The second-order valence-electron chi connectivity index (χ2n) is 29.4. The Kier molecular flexibility index (Phi) is 31.4. The largest absolute Gasteiger partial charge is 2.00 e. The van der Waals surface area contributed by atoms with Crippen LogP contribution in [0.3, 0.4) is 0 Å². The first kappa shape index (κ1) is 90.6. The summed E-state index contributed by atoms with van der Waals surface area (Å²) in [5, 5.41) is 7.36. The Hall–Kier alpha value is -12.6. The monoisotopic (exact) mass is 2330 g/mol. The molecule has 16 heteroatoms. The van der Waals surface area contributed by atoms with Gasteiger partial charge in [-0.05, 0) is 121 Å². The molecule has 0 fully saturated rings. The van der Waals surface area contributed by atoms with Gasteiger partial charge in [-0.25, -0.2) is 43.3 Å². The molecule has 0 bridgehead atoms. The molecule has 0 amide bonds. The van der Waals surface area contributed by atoms with Gasteiger partial charge >= 0.3 is 84.3 Å². The molecule has 12 nitrogen and oxygen atoms in total. The molecule has 8 aromatic heterocycles. The Morgan fingerprint density at radius 2 is 0.613 bits per heavy atom. The normalized spacial score (nSPS) is 10.8. The van der Waals surface area contributed by atoms with Crippen LogP contribution >= 0.6 is 0 Å². The van der Waals surface area contributed by atoms with Gasteiger partial charge in [0.25, 0.3) is 0 Å². The van der Waals surface area contributed by atoms with Gasteiger partial charge in [0, 0.05) is 105 Å². The molecule has 8 heterocycles. The van der Waals surface area contributed by atoms with E-state index in [0.717, 1.165) is 134 Å². The van der Waals surface area contributed by atoms with Gasteiger partial charge in [-0.2, -0.15) is 120 Å². The smallest absolute Gasteiger partial charge is 0.459 e. The molecule has 0 aliphatic rings. The van der Waals surface area contributed by atoms with Crippen molar-refractivity contribution in [2.75, 3.05) is 0 Å². The van der Waals surface area contributed by atoms with Crippen molar-refractivity contribution in [3.8, 4) is 56.6 Å². The predicted octanol–water partition coefficient (Wildman–Crippen LogP) is 23.8. The van der Waals surface area contributed by atoms with Crippen LogP contribution in [-0.4, -0.2) is 51.4 Å². The fraction of sp³-hybridized carbons (Fsp3) is 0.0741. The SMILES string of the molecule is CC(C)(c1[c-]c(-c2[c-]c(C(C)(C)c3ccccn3)ccc2)ccc1)c1ccccn1.O=C(c1[c-]c2c(cc1)ccc1ccc(C(=O)c3ccccn3)[c-]c12)c1ccccn1.[Pt+2].[Pt+2].[Pt+2].[Pt+2].[c-]1c(Cc2ccccn2)cccc1-c1[c-]c(Cc2ccccn2)ccc1.[c-]1c(Oc2nccc3ccccc23)cccc1-c1[c-]c(Oc2nccc3ccccc23)ccc1. The van der Waals surface area contributed by atoms with E-state index >= 15 is 0 Å². The Labute approximate surface area is 779 Å². The van der Waals surface area contributed by atoms with E-state index in [4.69, 9.17) is 9.47 Å². The van der Waals surface area contributed by atoms with Crippen LogP contribution in [0.15, 0.2) is 365 Å². The summed E-state index contributed by atoms with van der Waals surface area (Å²) < 4.78 is 12.2. The molecule has 0 radical (unpaired) electrons. The van der Waals surface area contributed by atoms with Crippen LogP contribution in [-0.2, 0) is 108 Å². The predicted molar refractivity (Wildman–Crippen MR) is 474 cm³/mol. The molecule has 19 aromatic rings. The van der Waals surface area contributed by atoms with Crippen LogP contribution in [0.25, 0.3) is 76.5 Å². The number of benzene rings is 11. The second kappa shape index (κ2) is 42.9. The van der Waals surface area contributed by atoms with Gasteiger partial charge in [-0.15, -0.1) is 118 Å². The summed E-state index contributed by atoms with van der Waals surface area (Å²) in [6.07, 6.45) is 15.6. The van der Waals surface area contributed by atoms with E-state index in [-0.39, 0.29) is 107 Å². The van der Waals surface area contributed by atoms with Gasteiger partial charge in [0.05, 0.1) is 11.4 Å². The average molecular weight is 2330 g/mol. The van der Waals surface area contributed by atoms with E-state index in [0.29, 0.717) is 45.8 Å². The number of fused-ring (bicyclic) bond motifs is 5. The van der Waals surface area contributed by atoms with E-state index in [1.165, 1.54) is 0 Å². The molecule has 11 aromatic carbocycles. The molecular formula is C108H76N8O4Pt4. The van der Waals surface area contributed by atoms with Gasteiger partial charge < -0.3 is 19.1 Å². The van der Waals surface area contributed by atoms with Crippen molar-refractivity contribution in [3.05, 3.63) is 481 Å². The molecule has 0 saturated carbocycles. The average Bonchev–Trinajstić information content (AvgIpc) is 0.764. The van der Waals surface area contributed by atoms with Gasteiger partial charge in [-0.3, -0.25) is 29.9 Å². The third-order valence-electron chi connectivity index (χ3n) is 20.5. The maximum absolute atomic E-state index is 12.8. The number of nitrogens with zero attached hydrogens (tertiary/aromatic N) is 8. The number of ether oxygens (including phenoxy) is 2. The number of hydrogen-bond acceptors (Lipinski definition) is 12. The second-order valence-corrected chi connectivity index (χ2v) is 29.4. The topological polar surface area (TPSA) is 156 Å². The van der Waals surface area contributed by atoms with E-state index < -0.39 is 0 Å². The van der Waals surface area contributed by atoms with E-state index in [9.17, 15) is 9.59 Å². The molecule has 0 spiro atoms. The first-order valence-corrected chi connectivity index (χ1v) is 39.3. The third kappa shape index (κ3) is 22.2. The number of aromatic nitrogens is 8. The summed E-state index contributed by atoms with van der Waals surface area (Å²) in [4.78, 5) is 60.7. The maximum Gasteiger partial charge on any atom is 2.00 e.